The zero-order chi connectivity index (χ0) is 11.7. The van der Waals surface area contributed by atoms with Gasteiger partial charge in [0.25, 0.3) is 0 Å². The molecule has 5 nitrogen and oxygen atoms in total. The third kappa shape index (κ3) is 2.07. The molecule has 0 aliphatic carbocycles. The van der Waals surface area contributed by atoms with Gasteiger partial charge in [-0.05, 0) is 18.0 Å². The highest BCUT2D eigenvalue weighted by Gasteiger charge is 2.27. The molecule has 17 heavy (non-hydrogen) atoms. The van der Waals surface area contributed by atoms with Gasteiger partial charge in [-0.25, -0.2) is 10.9 Å². The van der Waals surface area contributed by atoms with Crippen molar-refractivity contribution in [3.8, 4) is 11.3 Å². The van der Waals surface area contributed by atoms with Crippen LogP contribution in [0.3, 0.4) is 0 Å². The number of nitrogens with one attached hydrogen (secondary N) is 2. The van der Waals surface area contributed by atoms with Crippen LogP contribution in [0.2, 0.25) is 0 Å². The number of benzene rings is 1. The molecule has 0 spiro atoms. The molecule has 1 aromatic heterocycles. The van der Waals surface area contributed by atoms with Crippen LogP contribution in [0.4, 0.5) is 0 Å². The van der Waals surface area contributed by atoms with Crippen molar-refractivity contribution < 1.29 is 0 Å². The Labute approximate surface area is 103 Å². The van der Waals surface area contributed by atoms with Crippen molar-refractivity contribution >= 4 is 11.5 Å². The van der Waals surface area contributed by atoms with E-state index in [9.17, 15) is 0 Å². The molecule has 1 aromatic carbocycles. The molecule has 0 amide bonds. The second kappa shape index (κ2) is 4.50. The van der Waals surface area contributed by atoms with Gasteiger partial charge in [0.05, 0.1) is 17.1 Å². The maximum absolute atomic E-state index is 5.81. The molecule has 0 bridgehead atoms. The van der Waals surface area contributed by atoms with Gasteiger partial charge in [0.2, 0.25) is 0 Å². The number of hydrogen-bond donors (Lipinski definition) is 3. The molecule has 0 saturated carbocycles. The molecule has 2 unspecified atom stereocenters. The average molecular weight is 247 g/mol. The number of rotatable bonds is 2. The maximum Gasteiger partial charge on any atom is 0.110 e. The summed E-state index contributed by atoms with van der Waals surface area (Å²) in [6.07, 6.45) is 0.842. The van der Waals surface area contributed by atoms with E-state index < -0.39 is 0 Å². The van der Waals surface area contributed by atoms with Crippen LogP contribution in [0.5, 0.6) is 0 Å². The molecular formula is C11H13N5S. The highest BCUT2D eigenvalue weighted by Crippen LogP contribution is 2.32. The van der Waals surface area contributed by atoms with Crippen molar-refractivity contribution in [3.63, 3.8) is 0 Å². The van der Waals surface area contributed by atoms with Gasteiger partial charge in [-0.2, -0.15) is 0 Å². The van der Waals surface area contributed by atoms with Crippen molar-refractivity contribution in [3.05, 3.63) is 35.2 Å². The lowest BCUT2D eigenvalue weighted by atomic mass is 10.1. The molecule has 6 heteroatoms. The molecule has 1 fully saturated rings. The predicted octanol–water partition coefficient (Wildman–Crippen LogP) is 1.03. The van der Waals surface area contributed by atoms with Crippen molar-refractivity contribution in [2.24, 2.45) is 5.73 Å². The first-order chi connectivity index (χ1) is 8.34. The minimum absolute atomic E-state index is 0.00859. The number of nitrogens with zero attached hydrogens (tertiary/aromatic N) is 2. The predicted molar refractivity (Wildman–Crippen MR) is 66.9 cm³/mol. The zero-order valence-electron chi connectivity index (χ0n) is 9.13. The van der Waals surface area contributed by atoms with E-state index in [1.54, 1.807) is 0 Å². The van der Waals surface area contributed by atoms with Gasteiger partial charge >= 0.3 is 0 Å². The van der Waals surface area contributed by atoms with E-state index in [1.807, 2.05) is 30.3 Å². The van der Waals surface area contributed by atoms with Crippen LogP contribution in [-0.4, -0.2) is 15.8 Å². The fraction of sp³-hybridized carbons (Fsp3) is 0.273. The van der Waals surface area contributed by atoms with E-state index in [2.05, 4.69) is 20.4 Å². The quantitative estimate of drug-likeness (QED) is 0.739. The Morgan fingerprint density at radius 2 is 2.06 bits per heavy atom. The summed E-state index contributed by atoms with van der Waals surface area (Å²) in [6.45, 7) is 0. The Morgan fingerprint density at radius 1 is 1.24 bits per heavy atom. The second-order valence-corrected chi connectivity index (χ2v) is 4.82. The van der Waals surface area contributed by atoms with Gasteiger partial charge in [-0.15, -0.1) is 5.10 Å². The number of hydrogen-bond acceptors (Lipinski definition) is 6. The highest BCUT2D eigenvalue weighted by molar-refractivity contribution is 7.06. The molecule has 2 atom stereocenters. The monoisotopic (exact) mass is 247 g/mol. The molecule has 1 aliphatic rings. The number of nitrogens with two attached hydrogens (primary N) is 1. The summed E-state index contributed by atoms with van der Waals surface area (Å²) in [5, 5.41) is 4.22. The Hall–Kier alpha value is -1.34. The third-order valence-electron chi connectivity index (χ3n) is 2.81. The Balaban J connectivity index is 1.95. The molecule has 0 radical (unpaired) electrons. The summed E-state index contributed by atoms with van der Waals surface area (Å²) in [5.41, 5.74) is 14.0. The Morgan fingerprint density at radius 3 is 2.76 bits per heavy atom. The minimum Gasteiger partial charge on any atom is -0.315 e. The van der Waals surface area contributed by atoms with Gasteiger partial charge in [0, 0.05) is 5.56 Å². The van der Waals surface area contributed by atoms with E-state index in [0.717, 1.165) is 22.6 Å². The number of aromatic nitrogens is 2. The van der Waals surface area contributed by atoms with Crippen LogP contribution >= 0.6 is 11.5 Å². The summed E-state index contributed by atoms with van der Waals surface area (Å²) in [7, 11) is 0. The Kier molecular flexibility index (Phi) is 2.86. The summed E-state index contributed by atoms with van der Waals surface area (Å²) in [6, 6.07) is 10.3. The molecule has 1 aliphatic heterocycles. The van der Waals surface area contributed by atoms with Crippen molar-refractivity contribution in [2.75, 3.05) is 0 Å². The summed E-state index contributed by atoms with van der Waals surface area (Å²) >= 11 is 1.42. The van der Waals surface area contributed by atoms with Crippen molar-refractivity contribution in [1.82, 2.24) is 20.4 Å². The van der Waals surface area contributed by atoms with Crippen molar-refractivity contribution in [2.45, 2.75) is 18.6 Å². The fourth-order valence-corrected chi connectivity index (χ4v) is 2.71. The van der Waals surface area contributed by atoms with Crippen LogP contribution < -0.4 is 16.6 Å². The minimum atomic E-state index is -0.00859. The lowest BCUT2D eigenvalue weighted by Crippen LogP contribution is -2.36. The van der Waals surface area contributed by atoms with E-state index in [4.69, 9.17) is 5.73 Å². The van der Waals surface area contributed by atoms with Gasteiger partial charge in [-0.3, -0.25) is 0 Å². The first-order valence-corrected chi connectivity index (χ1v) is 6.26. The van der Waals surface area contributed by atoms with E-state index in [1.165, 1.54) is 11.5 Å². The van der Waals surface area contributed by atoms with Crippen LogP contribution in [0.1, 0.15) is 17.3 Å². The fourth-order valence-electron chi connectivity index (χ4n) is 1.97. The SMILES string of the molecule is NC1CC(c2snnc2-c2ccccc2)NN1. The average Bonchev–Trinajstić information content (AvgIpc) is 2.98. The number of hydrazine groups is 1. The summed E-state index contributed by atoms with van der Waals surface area (Å²) < 4.78 is 4.05. The third-order valence-corrected chi connectivity index (χ3v) is 3.65. The van der Waals surface area contributed by atoms with Crippen LogP contribution in [0, 0.1) is 0 Å². The molecule has 4 N–H and O–H groups in total. The molecular weight excluding hydrogens is 234 g/mol. The normalized spacial score (nSPS) is 24.1. The van der Waals surface area contributed by atoms with E-state index in [0.29, 0.717) is 0 Å². The molecule has 3 rings (SSSR count). The van der Waals surface area contributed by atoms with Gasteiger partial charge in [-0.1, -0.05) is 34.8 Å². The van der Waals surface area contributed by atoms with E-state index in [-0.39, 0.29) is 12.2 Å². The lowest BCUT2D eigenvalue weighted by molar-refractivity contribution is 0.554. The first-order valence-electron chi connectivity index (χ1n) is 5.49. The van der Waals surface area contributed by atoms with E-state index >= 15 is 0 Å². The second-order valence-electron chi connectivity index (χ2n) is 4.04. The first kappa shape index (κ1) is 10.8. The highest BCUT2D eigenvalue weighted by atomic mass is 32.1. The molecule has 1 saturated heterocycles. The lowest BCUT2D eigenvalue weighted by Gasteiger charge is -2.07. The van der Waals surface area contributed by atoms with Crippen LogP contribution in [0.25, 0.3) is 11.3 Å². The zero-order valence-corrected chi connectivity index (χ0v) is 9.95. The largest absolute Gasteiger partial charge is 0.315 e. The molecule has 2 heterocycles. The molecule has 2 aromatic rings. The van der Waals surface area contributed by atoms with Gasteiger partial charge < -0.3 is 5.73 Å². The Bertz CT molecular complexity index is 498. The smallest absolute Gasteiger partial charge is 0.110 e. The molecule has 88 valence electrons. The summed E-state index contributed by atoms with van der Waals surface area (Å²) in [5.74, 6) is 0. The topological polar surface area (TPSA) is 75.9 Å². The standard InChI is InChI=1S/C11H13N5S/c12-9-6-8(13-14-9)11-10(15-16-17-11)7-4-2-1-3-5-7/h1-5,8-9,13-14H,6,12H2. The van der Waals surface area contributed by atoms with Crippen LogP contribution in [-0.2, 0) is 0 Å². The van der Waals surface area contributed by atoms with Gasteiger partial charge in [0.1, 0.15) is 5.69 Å². The summed E-state index contributed by atoms with van der Waals surface area (Å²) in [4.78, 5) is 1.14. The van der Waals surface area contributed by atoms with Crippen molar-refractivity contribution in [1.29, 1.82) is 0 Å². The maximum atomic E-state index is 5.81. The van der Waals surface area contributed by atoms with Gasteiger partial charge in [0.15, 0.2) is 0 Å². The van der Waals surface area contributed by atoms with Crippen LogP contribution in [0.15, 0.2) is 30.3 Å².